The first kappa shape index (κ1) is 11.3. The summed E-state index contributed by atoms with van der Waals surface area (Å²) in [6.45, 7) is 0. The van der Waals surface area contributed by atoms with Gasteiger partial charge in [-0.15, -0.1) is 0 Å². The van der Waals surface area contributed by atoms with E-state index < -0.39 is 9.84 Å². The number of aromatic nitrogens is 2. The largest absolute Gasteiger partial charge is 0.295 e. The Kier molecular flexibility index (Phi) is 2.41. The van der Waals surface area contributed by atoms with Crippen LogP contribution in [0.25, 0.3) is 5.69 Å². The van der Waals surface area contributed by atoms with Crippen LogP contribution in [0.4, 0.5) is 0 Å². The van der Waals surface area contributed by atoms with E-state index in [1.54, 1.807) is 12.1 Å². The summed E-state index contributed by atoms with van der Waals surface area (Å²) in [7, 11) is -3.12. The molecule has 0 radical (unpaired) electrons. The van der Waals surface area contributed by atoms with Crippen molar-refractivity contribution in [2.75, 3.05) is 5.75 Å². The Labute approximate surface area is 104 Å². The summed E-state index contributed by atoms with van der Waals surface area (Å²) in [6, 6.07) is 9.13. The molecule has 1 aliphatic rings. The first-order chi connectivity index (χ1) is 8.57. The highest BCUT2D eigenvalue weighted by Crippen LogP contribution is 2.17. The van der Waals surface area contributed by atoms with Gasteiger partial charge >= 0.3 is 0 Å². The van der Waals surface area contributed by atoms with Crippen molar-refractivity contribution in [1.29, 1.82) is 0 Å². The number of nitrogens with zero attached hydrogens (tertiary/aromatic N) is 1. The topological polar surface area (TPSA) is 71.9 Å². The molecule has 0 saturated carbocycles. The molecule has 2 aromatic rings. The fraction of sp³-hybridized carbons (Fsp3) is 0.250. The molecule has 2 heterocycles. The lowest BCUT2D eigenvalue weighted by Gasteiger charge is -2.09. The van der Waals surface area contributed by atoms with Gasteiger partial charge in [-0.3, -0.25) is 9.89 Å². The van der Waals surface area contributed by atoms with Gasteiger partial charge in [-0.05, 0) is 12.1 Å². The Morgan fingerprint density at radius 3 is 2.61 bits per heavy atom. The van der Waals surface area contributed by atoms with Crippen molar-refractivity contribution >= 4 is 9.84 Å². The average molecular weight is 264 g/mol. The summed E-state index contributed by atoms with van der Waals surface area (Å²) in [5, 5.41) is 3.00. The van der Waals surface area contributed by atoms with Crippen LogP contribution >= 0.6 is 0 Å². The first-order valence-electron chi connectivity index (χ1n) is 5.65. The highest BCUT2D eigenvalue weighted by Gasteiger charge is 2.26. The molecular weight excluding hydrogens is 252 g/mol. The molecule has 0 saturated heterocycles. The molecule has 94 valence electrons. The third-order valence-corrected chi connectivity index (χ3v) is 4.67. The van der Waals surface area contributed by atoms with Crippen molar-refractivity contribution in [1.82, 2.24) is 9.78 Å². The lowest BCUT2D eigenvalue weighted by molar-refractivity contribution is 0.591. The lowest BCUT2D eigenvalue weighted by Crippen LogP contribution is -2.23. The van der Waals surface area contributed by atoms with Crippen molar-refractivity contribution in [3.63, 3.8) is 0 Å². The van der Waals surface area contributed by atoms with E-state index in [0.717, 1.165) is 5.69 Å². The number of nitrogens with one attached hydrogen (secondary N) is 1. The molecule has 5 nitrogen and oxygen atoms in total. The van der Waals surface area contributed by atoms with Gasteiger partial charge in [0.2, 0.25) is 0 Å². The zero-order chi connectivity index (χ0) is 12.8. The number of benzene rings is 1. The van der Waals surface area contributed by atoms with Gasteiger partial charge < -0.3 is 0 Å². The molecule has 6 heteroatoms. The highest BCUT2D eigenvalue weighted by atomic mass is 32.2. The SMILES string of the molecule is O=c1c2c([nH]n1-c1ccccc1)CCS(=O)(=O)C2. The van der Waals surface area contributed by atoms with Crippen molar-refractivity contribution < 1.29 is 8.42 Å². The molecule has 1 aromatic heterocycles. The van der Waals surface area contributed by atoms with Crippen LogP contribution in [0.15, 0.2) is 35.1 Å². The number of rotatable bonds is 1. The maximum atomic E-state index is 12.2. The minimum Gasteiger partial charge on any atom is -0.295 e. The van der Waals surface area contributed by atoms with E-state index in [9.17, 15) is 13.2 Å². The van der Waals surface area contributed by atoms with Crippen LogP contribution in [0.2, 0.25) is 0 Å². The van der Waals surface area contributed by atoms with Crippen LogP contribution in [0.5, 0.6) is 0 Å². The van der Waals surface area contributed by atoms with E-state index in [4.69, 9.17) is 0 Å². The zero-order valence-corrected chi connectivity index (χ0v) is 10.4. The van der Waals surface area contributed by atoms with Crippen LogP contribution in [0.1, 0.15) is 11.3 Å². The van der Waals surface area contributed by atoms with Gasteiger partial charge in [0.25, 0.3) is 5.56 Å². The van der Waals surface area contributed by atoms with E-state index in [2.05, 4.69) is 5.10 Å². The zero-order valence-electron chi connectivity index (χ0n) is 9.59. The third-order valence-electron chi connectivity index (χ3n) is 3.11. The van der Waals surface area contributed by atoms with Crippen LogP contribution in [-0.4, -0.2) is 24.0 Å². The molecule has 0 bridgehead atoms. The first-order valence-corrected chi connectivity index (χ1v) is 7.47. The molecule has 0 fully saturated rings. The molecule has 3 rings (SSSR count). The molecule has 1 aliphatic heterocycles. The van der Waals surface area contributed by atoms with Gasteiger partial charge in [-0.25, -0.2) is 13.1 Å². The van der Waals surface area contributed by atoms with Gasteiger partial charge in [0.1, 0.15) is 0 Å². The van der Waals surface area contributed by atoms with Crippen LogP contribution < -0.4 is 5.56 Å². The Hall–Kier alpha value is -1.82. The van der Waals surface area contributed by atoms with Crippen molar-refractivity contribution in [2.24, 2.45) is 0 Å². The summed E-state index contributed by atoms with van der Waals surface area (Å²) < 4.78 is 24.5. The predicted molar refractivity (Wildman–Crippen MR) is 67.6 cm³/mol. The number of aryl methyl sites for hydroxylation is 1. The highest BCUT2D eigenvalue weighted by molar-refractivity contribution is 7.90. The fourth-order valence-electron chi connectivity index (χ4n) is 2.18. The van der Waals surface area contributed by atoms with E-state index in [0.29, 0.717) is 17.7 Å². The van der Waals surface area contributed by atoms with Crippen LogP contribution in [0, 0.1) is 0 Å². The number of hydrogen-bond donors (Lipinski definition) is 1. The summed E-state index contributed by atoms with van der Waals surface area (Å²) in [4.78, 5) is 12.2. The van der Waals surface area contributed by atoms with E-state index in [1.165, 1.54) is 4.68 Å². The van der Waals surface area contributed by atoms with E-state index in [1.807, 2.05) is 18.2 Å². The quantitative estimate of drug-likeness (QED) is 0.821. The minimum atomic E-state index is -3.12. The lowest BCUT2D eigenvalue weighted by atomic mass is 10.2. The number of hydrogen-bond acceptors (Lipinski definition) is 3. The van der Waals surface area contributed by atoms with Crippen molar-refractivity contribution in [3.8, 4) is 5.69 Å². The Morgan fingerprint density at radius 2 is 1.89 bits per heavy atom. The van der Waals surface area contributed by atoms with E-state index in [-0.39, 0.29) is 17.1 Å². The molecule has 0 unspecified atom stereocenters. The summed E-state index contributed by atoms with van der Waals surface area (Å²) in [5.41, 5.74) is 1.57. The standard InChI is InChI=1S/C12H12N2O3S/c15-12-10-8-18(16,17)7-6-11(10)13-14(12)9-4-2-1-3-5-9/h1-5,13H,6-8H2. The van der Waals surface area contributed by atoms with Gasteiger partial charge in [-0.1, -0.05) is 18.2 Å². The van der Waals surface area contributed by atoms with Gasteiger partial charge in [0.15, 0.2) is 9.84 Å². The van der Waals surface area contributed by atoms with Crippen molar-refractivity contribution in [2.45, 2.75) is 12.2 Å². The van der Waals surface area contributed by atoms with Crippen LogP contribution in [0.3, 0.4) is 0 Å². The number of fused-ring (bicyclic) bond motifs is 1. The molecule has 0 spiro atoms. The number of aromatic amines is 1. The Bertz CT molecular complexity index is 741. The molecule has 0 aliphatic carbocycles. The molecule has 1 N–H and O–H groups in total. The van der Waals surface area contributed by atoms with Gasteiger partial charge in [0.05, 0.1) is 22.8 Å². The van der Waals surface area contributed by atoms with Gasteiger partial charge in [-0.2, -0.15) is 0 Å². The molecule has 1 aromatic carbocycles. The Morgan fingerprint density at radius 1 is 1.17 bits per heavy atom. The number of H-pyrrole nitrogens is 1. The molecule has 0 amide bonds. The maximum Gasteiger partial charge on any atom is 0.275 e. The number of para-hydroxylation sites is 1. The summed E-state index contributed by atoms with van der Waals surface area (Å²) in [5.74, 6) is -0.0494. The van der Waals surface area contributed by atoms with Crippen molar-refractivity contribution in [3.05, 3.63) is 51.9 Å². The second-order valence-corrected chi connectivity index (χ2v) is 6.57. The molecule has 18 heavy (non-hydrogen) atoms. The molecular formula is C12H12N2O3S. The smallest absolute Gasteiger partial charge is 0.275 e. The Balaban J connectivity index is 2.17. The van der Waals surface area contributed by atoms with Gasteiger partial charge in [0, 0.05) is 12.1 Å². The normalized spacial score (nSPS) is 17.3. The van der Waals surface area contributed by atoms with E-state index >= 15 is 0 Å². The van der Waals surface area contributed by atoms with Crippen LogP contribution in [-0.2, 0) is 22.0 Å². The monoisotopic (exact) mass is 264 g/mol. The predicted octanol–water partition coefficient (Wildman–Crippen LogP) is 0.637. The fourth-order valence-corrected chi connectivity index (χ4v) is 3.58. The second-order valence-electron chi connectivity index (χ2n) is 4.39. The average Bonchev–Trinajstić information content (AvgIpc) is 2.67. The summed E-state index contributed by atoms with van der Waals surface area (Å²) >= 11 is 0. The summed E-state index contributed by atoms with van der Waals surface area (Å²) in [6.07, 6.45) is 0.382. The third kappa shape index (κ3) is 1.78. The molecule has 0 atom stereocenters. The maximum absolute atomic E-state index is 12.2. The second kappa shape index (κ2) is 3.84. The minimum absolute atomic E-state index is 0.106. The number of sulfone groups is 1.